The minimum atomic E-state index is -4.20. The number of anilines is 2. The van der Waals surface area contributed by atoms with E-state index in [1.165, 1.54) is 11.3 Å². The first-order chi connectivity index (χ1) is 14.2. The molecule has 2 aromatic heterocycles. The maximum Gasteiger partial charge on any atom is 0.394 e. The number of rotatable bonds is 4. The molecule has 4 aliphatic rings. The van der Waals surface area contributed by atoms with Gasteiger partial charge in [-0.3, -0.25) is 0 Å². The average Bonchev–Trinajstić information content (AvgIpc) is 3.11. The van der Waals surface area contributed by atoms with Gasteiger partial charge >= 0.3 is 6.18 Å². The Morgan fingerprint density at radius 2 is 1.97 bits per heavy atom. The lowest BCUT2D eigenvalue weighted by atomic mass is 9.34. The molecular weight excluding hydrogens is 419 g/mol. The Morgan fingerprint density at radius 1 is 1.23 bits per heavy atom. The number of thiazole rings is 1. The Hall–Kier alpha value is -2.40. The third-order valence-corrected chi connectivity index (χ3v) is 7.40. The number of ether oxygens (including phenoxy) is 2. The molecule has 0 radical (unpaired) electrons. The van der Waals surface area contributed by atoms with Crippen molar-refractivity contribution in [3.63, 3.8) is 0 Å². The predicted octanol–water partition coefficient (Wildman–Crippen LogP) is 3.64. The number of nitrogen functional groups attached to an aromatic ring is 2. The summed E-state index contributed by atoms with van der Waals surface area (Å²) in [5.41, 5.74) is 11.3. The maximum atomic E-state index is 13.3. The van der Waals surface area contributed by atoms with Gasteiger partial charge in [0.15, 0.2) is 11.6 Å². The SMILES string of the molecule is COc1ncc(C2C=C(c3nc(N)c(N)c(C45CC(C(F)(F)F)(C4)C5)n3)CCO2)s1. The van der Waals surface area contributed by atoms with Crippen LogP contribution in [0.25, 0.3) is 5.57 Å². The molecule has 0 amide bonds. The Bertz CT molecular complexity index is 1030. The molecular formula is C19H20F3N5O2S. The van der Waals surface area contributed by atoms with Crippen molar-refractivity contribution in [2.24, 2.45) is 5.41 Å². The van der Waals surface area contributed by atoms with Crippen LogP contribution >= 0.6 is 11.3 Å². The summed E-state index contributed by atoms with van der Waals surface area (Å²) in [6, 6.07) is 0. The van der Waals surface area contributed by atoms with Gasteiger partial charge in [0, 0.05) is 11.6 Å². The highest BCUT2D eigenvalue weighted by atomic mass is 32.1. The molecule has 1 aliphatic heterocycles. The molecule has 0 saturated heterocycles. The van der Waals surface area contributed by atoms with E-state index >= 15 is 0 Å². The molecule has 1 atom stereocenters. The standard InChI is InChI=1S/C19H20F3N5O2S/c1-28-16-25-5-11(30-16)10-4-9(2-3-29-10)15-26-13(12(23)14(24)27-15)17-6-18(7-17,8-17)19(20,21)22/h4-5,10H,2-3,6-8,23H2,1H3,(H2,24,26,27). The van der Waals surface area contributed by atoms with Gasteiger partial charge in [0.2, 0.25) is 0 Å². The molecule has 160 valence electrons. The highest BCUT2D eigenvalue weighted by molar-refractivity contribution is 7.13. The summed E-state index contributed by atoms with van der Waals surface area (Å²) in [6.45, 7) is 0.446. The van der Waals surface area contributed by atoms with Gasteiger partial charge in [-0.15, -0.1) is 0 Å². The van der Waals surface area contributed by atoms with Gasteiger partial charge < -0.3 is 20.9 Å². The lowest BCUT2D eigenvalue weighted by molar-refractivity contribution is -0.337. The molecule has 2 bridgehead atoms. The number of hydrogen-bond donors (Lipinski definition) is 2. The number of nitrogens with two attached hydrogens (primary N) is 2. The van der Waals surface area contributed by atoms with E-state index in [9.17, 15) is 13.2 Å². The number of methoxy groups -OCH3 is 1. The number of hydrogen-bond acceptors (Lipinski definition) is 8. The molecule has 2 aromatic rings. The van der Waals surface area contributed by atoms with Crippen LogP contribution in [0.5, 0.6) is 5.19 Å². The Morgan fingerprint density at radius 3 is 2.60 bits per heavy atom. The van der Waals surface area contributed by atoms with Crippen molar-refractivity contribution in [3.8, 4) is 5.19 Å². The molecule has 3 saturated carbocycles. The molecule has 3 aliphatic carbocycles. The summed E-state index contributed by atoms with van der Waals surface area (Å²) in [5, 5.41) is 0.534. The van der Waals surface area contributed by atoms with Crippen LogP contribution in [0.3, 0.4) is 0 Å². The zero-order chi connectivity index (χ0) is 21.3. The fourth-order valence-electron chi connectivity index (χ4n) is 4.83. The van der Waals surface area contributed by atoms with Gasteiger partial charge in [0.25, 0.3) is 5.19 Å². The minimum Gasteiger partial charge on any atom is -0.473 e. The third kappa shape index (κ3) is 2.71. The highest BCUT2D eigenvalue weighted by Gasteiger charge is 2.79. The number of nitrogens with zero attached hydrogens (tertiary/aromatic N) is 3. The van der Waals surface area contributed by atoms with Gasteiger partial charge in [-0.2, -0.15) is 13.2 Å². The van der Waals surface area contributed by atoms with Crippen molar-refractivity contribution < 1.29 is 22.6 Å². The fraction of sp³-hybridized carbons (Fsp3) is 0.526. The van der Waals surface area contributed by atoms with E-state index in [-0.39, 0.29) is 36.9 Å². The van der Waals surface area contributed by atoms with Crippen LogP contribution in [0, 0.1) is 5.41 Å². The summed E-state index contributed by atoms with van der Waals surface area (Å²) in [4.78, 5) is 14.0. The van der Waals surface area contributed by atoms with Crippen molar-refractivity contribution >= 4 is 28.4 Å². The topological polar surface area (TPSA) is 109 Å². The monoisotopic (exact) mass is 439 g/mol. The van der Waals surface area contributed by atoms with Crippen LogP contribution in [-0.2, 0) is 10.2 Å². The van der Waals surface area contributed by atoms with Crippen LogP contribution in [0.4, 0.5) is 24.7 Å². The number of aromatic nitrogens is 3. The number of alkyl halides is 3. The van der Waals surface area contributed by atoms with Crippen molar-refractivity contribution in [3.05, 3.63) is 28.7 Å². The van der Waals surface area contributed by atoms with Crippen LogP contribution in [0.1, 0.15) is 48.2 Å². The first-order valence-electron chi connectivity index (χ1n) is 9.49. The summed E-state index contributed by atoms with van der Waals surface area (Å²) in [6.07, 6.45) is -0.352. The molecule has 4 N–H and O–H groups in total. The molecule has 0 aromatic carbocycles. The molecule has 3 fully saturated rings. The second kappa shape index (κ2) is 6.30. The van der Waals surface area contributed by atoms with E-state index < -0.39 is 17.0 Å². The van der Waals surface area contributed by atoms with Crippen molar-refractivity contribution in [2.45, 2.75) is 43.4 Å². The van der Waals surface area contributed by atoms with E-state index in [2.05, 4.69) is 15.0 Å². The van der Waals surface area contributed by atoms with Crippen molar-refractivity contribution in [1.29, 1.82) is 0 Å². The van der Waals surface area contributed by atoms with Crippen molar-refractivity contribution in [1.82, 2.24) is 15.0 Å². The lowest BCUT2D eigenvalue weighted by Crippen LogP contribution is -2.70. The largest absolute Gasteiger partial charge is 0.473 e. The Balaban J connectivity index is 1.46. The Labute approximate surface area is 174 Å². The normalized spacial score (nSPS) is 30.3. The second-order valence-corrected chi connectivity index (χ2v) is 9.27. The number of halogens is 3. The fourth-order valence-corrected chi connectivity index (χ4v) is 5.58. The zero-order valence-corrected chi connectivity index (χ0v) is 16.9. The van der Waals surface area contributed by atoms with E-state index in [0.717, 1.165) is 10.5 Å². The van der Waals surface area contributed by atoms with Crippen LogP contribution in [0.15, 0.2) is 12.3 Å². The summed E-state index contributed by atoms with van der Waals surface area (Å²) >= 11 is 1.38. The summed E-state index contributed by atoms with van der Waals surface area (Å²) < 4.78 is 50.7. The van der Waals surface area contributed by atoms with E-state index in [4.69, 9.17) is 20.9 Å². The van der Waals surface area contributed by atoms with Crippen LogP contribution in [-0.4, -0.2) is 34.8 Å². The molecule has 7 nitrogen and oxygen atoms in total. The van der Waals surface area contributed by atoms with E-state index in [0.29, 0.717) is 29.7 Å². The van der Waals surface area contributed by atoms with Crippen LogP contribution in [0.2, 0.25) is 0 Å². The molecule has 1 unspecified atom stereocenters. The summed E-state index contributed by atoms with van der Waals surface area (Å²) in [7, 11) is 1.55. The van der Waals surface area contributed by atoms with Gasteiger partial charge in [-0.25, -0.2) is 15.0 Å². The van der Waals surface area contributed by atoms with Gasteiger partial charge in [-0.05, 0) is 37.3 Å². The first-order valence-corrected chi connectivity index (χ1v) is 10.3. The molecule has 30 heavy (non-hydrogen) atoms. The summed E-state index contributed by atoms with van der Waals surface area (Å²) in [5.74, 6) is 0.497. The van der Waals surface area contributed by atoms with Gasteiger partial charge in [0.05, 0.1) is 35.4 Å². The quantitative estimate of drug-likeness (QED) is 0.749. The van der Waals surface area contributed by atoms with Crippen molar-refractivity contribution in [2.75, 3.05) is 25.2 Å². The van der Waals surface area contributed by atoms with Gasteiger partial charge in [0.1, 0.15) is 6.10 Å². The van der Waals surface area contributed by atoms with E-state index in [1.807, 2.05) is 6.08 Å². The van der Waals surface area contributed by atoms with Gasteiger partial charge in [-0.1, -0.05) is 11.3 Å². The molecule has 3 heterocycles. The van der Waals surface area contributed by atoms with E-state index in [1.54, 1.807) is 13.3 Å². The maximum absolute atomic E-state index is 13.3. The lowest BCUT2D eigenvalue weighted by Gasteiger charge is -2.70. The molecule has 11 heteroatoms. The van der Waals surface area contributed by atoms with Crippen LogP contribution < -0.4 is 16.2 Å². The average molecular weight is 439 g/mol. The zero-order valence-electron chi connectivity index (χ0n) is 16.1. The second-order valence-electron chi connectivity index (χ2n) is 8.25. The highest BCUT2D eigenvalue weighted by Crippen LogP contribution is 2.78. The first kappa shape index (κ1) is 19.6. The molecule has 6 rings (SSSR count). The third-order valence-electron chi connectivity index (χ3n) is 6.38. The Kier molecular flexibility index (Phi) is 4.11. The smallest absolute Gasteiger partial charge is 0.394 e. The molecule has 0 spiro atoms. The minimum absolute atomic E-state index is 0.00896. The predicted molar refractivity (Wildman–Crippen MR) is 105 cm³/mol.